The first-order chi connectivity index (χ1) is 11.4. The third-order valence-electron chi connectivity index (χ3n) is 3.15. The average molecular weight is 380 g/mol. The number of benzene rings is 1. The molecule has 2 N–H and O–H groups in total. The minimum atomic E-state index is -3.65. The number of thiophene rings is 1. The van der Waals surface area contributed by atoms with Crippen molar-refractivity contribution in [2.75, 3.05) is 10.0 Å². The average Bonchev–Trinajstić information content (AvgIpc) is 2.99. The van der Waals surface area contributed by atoms with E-state index in [0.717, 1.165) is 17.0 Å². The van der Waals surface area contributed by atoms with Crippen molar-refractivity contribution in [3.63, 3.8) is 0 Å². The summed E-state index contributed by atoms with van der Waals surface area (Å²) in [5.74, 6) is 0.626. The van der Waals surface area contributed by atoms with Crippen molar-refractivity contribution >= 4 is 50.2 Å². The zero-order valence-electron chi connectivity index (χ0n) is 12.7. The molecular formula is C16H14ClN3O2S2. The van der Waals surface area contributed by atoms with E-state index in [4.69, 9.17) is 11.6 Å². The quantitative estimate of drug-likeness (QED) is 0.676. The van der Waals surface area contributed by atoms with Gasteiger partial charge in [0, 0.05) is 5.69 Å². The van der Waals surface area contributed by atoms with Crippen LogP contribution in [0.3, 0.4) is 0 Å². The number of pyridine rings is 1. The van der Waals surface area contributed by atoms with Gasteiger partial charge in [-0.15, -0.1) is 11.3 Å². The van der Waals surface area contributed by atoms with Crippen LogP contribution in [0.5, 0.6) is 0 Å². The first-order valence-electron chi connectivity index (χ1n) is 7.00. The molecule has 0 saturated carbocycles. The highest BCUT2D eigenvalue weighted by Crippen LogP contribution is 2.27. The van der Waals surface area contributed by atoms with Gasteiger partial charge in [-0.05, 0) is 43.3 Å². The molecule has 0 aliphatic carbocycles. The monoisotopic (exact) mass is 379 g/mol. The smallest absolute Gasteiger partial charge is 0.271 e. The minimum Gasteiger partial charge on any atom is -0.340 e. The van der Waals surface area contributed by atoms with E-state index < -0.39 is 10.0 Å². The lowest BCUT2D eigenvalue weighted by atomic mass is 10.2. The number of hydrogen-bond acceptors (Lipinski definition) is 5. The second kappa shape index (κ2) is 6.80. The summed E-state index contributed by atoms with van der Waals surface area (Å²) >= 11 is 6.78. The van der Waals surface area contributed by atoms with Gasteiger partial charge in [0.1, 0.15) is 10.0 Å². The van der Waals surface area contributed by atoms with Crippen LogP contribution >= 0.6 is 22.9 Å². The molecule has 5 nitrogen and oxygen atoms in total. The highest BCUT2D eigenvalue weighted by atomic mass is 35.5. The third kappa shape index (κ3) is 4.05. The molecule has 0 atom stereocenters. The molecule has 2 heterocycles. The van der Waals surface area contributed by atoms with Crippen LogP contribution in [-0.4, -0.2) is 13.4 Å². The van der Waals surface area contributed by atoms with Gasteiger partial charge in [-0.3, -0.25) is 4.72 Å². The molecule has 2 aromatic heterocycles. The van der Waals surface area contributed by atoms with Gasteiger partial charge in [0.2, 0.25) is 0 Å². The number of aromatic nitrogens is 1. The summed E-state index contributed by atoms with van der Waals surface area (Å²) in [6, 6.07) is 14.3. The number of nitrogens with zero attached hydrogens (tertiary/aromatic N) is 1. The molecule has 1 aromatic carbocycles. The fourth-order valence-corrected chi connectivity index (χ4v) is 4.49. The van der Waals surface area contributed by atoms with Crippen molar-refractivity contribution in [2.45, 2.75) is 11.1 Å². The van der Waals surface area contributed by atoms with Gasteiger partial charge in [0.05, 0.1) is 16.2 Å². The van der Waals surface area contributed by atoms with Gasteiger partial charge in [0.25, 0.3) is 10.0 Å². The Morgan fingerprint density at radius 2 is 1.71 bits per heavy atom. The molecular weight excluding hydrogens is 366 g/mol. The number of nitrogens with one attached hydrogen (secondary N) is 2. The van der Waals surface area contributed by atoms with E-state index in [1.54, 1.807) is 18.2 Å². The summed E-state index contributed by atoms with van der Waals surface area (Å²) in [7, 11) is -3.65. The molecule has 0 aliphatic rings. The summed E-state index contributed by atoms with van der Waals surface area (Å²) in [6.07, 6.45) is 1.46. The molecule has 124 valence electrons. The second-order valence-electron chi connectivity index (χ2n) is 5.09. The van der Waals surface area contributed by atoms with Crippen molar-refractivity contribution in [1.29, 1.82) is 0 Å². The highest BCUT2D eigenvalue weighted by molar-refractivity contribution is 7.94. The van der Waals surface area contributed by atoms with Gasteiger partial charge >= 0.3 is 0 Å². The normalized spacial score (nSPS) is 11.2. The highest BCUT2D eigenvalue weighted by Gasteiger charge is 2.16. The predicted octanol–water partition coefficient (Wildman–Crippen LogP) is 4.65. The van der Waals surface area contributed by atoms with E-state index in [0.29, 0.717) is 15.8 Å². The lowest BCUT2D eigenvalue weighted by molar-refractivity contribution is 0.603. The van der Waals surface area contributed by atoms with Crippen molar-refractivity contribution in [2.24, 2.45) is 0 Å². The molecule has 3 rings (SSSR count). The van der Waals surface area contributed by atoms with Crippen LogP contribution in [-0.2, 0) is 10.0 Å². The number of aryl methyl sites for hydroxylation is 1. The first-order valence-corrected chi connectivity index (χ1v) is 9.68. The third-order valence-corrected chi connectivity index (χ3v) is 6.26. The minimum absolute atomic E-state index is 0.161. The zero-order chi connectivity index (χ0) is 17.2. The lowest BCUT2D eigenvalue weighted by Crippen LogP contribution is -2.11. The first kappa shape index (κ1) is 16.8. The van der Waals surface area contributed by atoms with Gasteiger partial charge in [0.15, 0.2) is 0 Å². The van der Waals surface area contributed by atoms with E-state index in [-0.39, 0.29) is 4.21 Å². The van der Waals surface area contributed by atoms with Crippen molar-refractivity contribution in [3.05, 3.63) is 64.6 Å². The molecule has 0 radical (unpaired) electrons. The molecule has 0 aliphatic heterocycles. The standard InChI is InChI=1S/C16H14ClN3O2S2/c1-11-2-4-12(5-3-11)19-15-8-6-13(10-18-15)20-24(21,22)16-9-7-14(17)23-16/h2-10,20H,1H3,(H,18,19). The van der Waals surface area contributed by atoms with E-state index in [1.807, 2.05) is 31.2 Å². The number of rotatable bonds is 5. The number of halogens is 1. The fourth-order valence-electron chi connectivity index (χ4n) is 1.96. The maximum Gasteiger partial charge on any atom is 0.271 e. The fraction of sp³-hybridized carbons (Fsp3) is 0.0625. The number of sulfonamides is 1. The summed E-state index contributed by atoms with van der Waals surface area (Å²) in [5, 5.41) is 3.15. The Morgan fingerprint density at radius 3 is 2.29 bits per heavy atom. The van der Waals surface area contributed by atoms with Crippen LogP contribution in [0.2, 0.25) is 4.34 Å². The topological polar surface area (TPSA) is 71.1 Å². The summed E-state index contributed by atoms with van der Waals surface area (Å²) < 4.78 is 27.5. The Morgan fingerprint density at radius 1 is 1.00 bits per heavy atom. The molecule has 0 unspecified atom stereocenters. The summed E-state index contributed by atoms with van der Waals surface area (Å²) in [5.41, 5.74) is 2.47. The molecule has 0 amide bonds. The van der Waals surface area contributed by atoms with Crippen molar-refractivity contribution in [1.82, 2.24) is 4.98 Å². The van der Waals surface area contributed by atoms with Crippen LogP contribution in [0.15, 0.2) is 58.9 Å². The van der Waals surface area contributed by atoms with Gasteiger partial charge in [-0.1, -0.05) is 29.3 Å². The summed E-state index contributed by atoms with van der Waals surface area (Å²) in [6.45, 7) is 2.02. The van der Waals surface area contributed by atoms with Gasteiger partial charge in [-0.2, -0.15) is 0 Å². The van der Waals surface area contributed by atoms with E-state index in [1.165, 1.54) is 17.8 Å². The van der Waals surface area contributed by atoms with Crippen LogP contribution in [0.4, 0.5) is 17.2 Å². The van der Waals surface area contributed by atoms with Crippen LogP contribution in [0.25, 0.3) is 0 Å². The van der Waals surface area contributed by atoms with E-state index >= 15 is 0 Å². The van der Waals surface area contributed by atoms with Crippen LogP contribution in [0.1, 0.15) is 5.56 Å². The van der Waals surface area contributed by atoms with Crippen molar-refractivity contribution < 1.29 is 8.42 Å². The van der Waals surface area contributed by atoms with Crippen LogP contribution in [0, 0.1) is 6.92 Å². The maximum absolute atomic E-state index is 12.2. The Kier molecular flexibility index (Phi) is 4.75. The largest absolute Gasteiger partial charge is 0.340 e. The van der Waals surface area contributed by atoms with Crippen molar-refractivity contribution in [3.8, 4) is 0 Å². The molecule has 0 spiro atoms. The van der Waals surface area contributed by atoms with Crippen LogP contribution < -0.4 is 10.0 Å². The Bertz CT molecular complexity index is 936. The van der Waals surface area contributed by atoms with Gasteiger partial charge < -0.3 is 5.32 Å². The van der Waals surface area contributed by atoms with E-state index in [9.17, 15) is 8.42 Å². The zero-order valence-corrected chi connectivity index (χ0v) is 15.0. The second-order valence-corrected chi connectivity index (χ2v) is 8.71. The molecule has 0 bridgehead atoms. The molecule has 0 saturated heterocycles. The molecule has 3 aromatic rings. The molecule has 24 heavy (non-hydrogen) atoms. The SMILES string of the molecule is Cc1ccc(Nc2ccc(NS(=O)(=O)c3ccc(Cl)s3)cn2)cc1. The molecule has 8 heteroatoms. The van der Waals surface area contributed by atoms with E-state index in [2.05, 4.69) is 15.0 Å². The molecule has 0 fully saturated rings. The number of hydrogen-bond donors (Lipinski definition) is 2. The lowest BCUT2D eigenvalue weighted by Gasteiger charge is -2.08. The maximum atomic E-state index is 12.2. The summed E-state index contributed by atoms with van der Waals surface area (Å²) in [4.78, 5) is 4.22. The Balaban J connectivity index is 1.71. The van der Waals surface area contributed by atoms with Gasteiger partial charge in [-0.25, -0.2) is 13.4 Å². The number of anilines is 3. The Labute approximate surface area is 149 Å². The Hall–Kier alpha value is -2.09. The predicted molar refractivity (Wildman–Crippen MR) is 98.8 cm³/mol.